The summed E-state index contributed by atoms with van der Waals surface area (Å²) in [6.07, 6.45) is -0.873. The quantitative estimate of drug-likeness (QED) is 0.601. The molecule has 0 saturated heterocycles. The van der Waals surface area contributed by atoms with Crippen LogP contribution in [0.25, 0.3) is 11.1 Å². The van der Waals surface area contributed by atoms with Crippen molar-refractivity contribution in [3.8, 4) is 11.1 Å². The minimum Gasteiger partial charge on any atom is -0.480 e. The maximum atomic E-state index is 12.1. The van der Waals surface area contributed by atoms with Crippen LogP contribution in [0, 0.1) is 0 Å². The van der Waals surface area contributed by atoms with Crippen LogP contribution in [0.5, 0.6) is 0 Å². The highest BCUT2D eigenvalue weighted by atomic mass is 16.7. The van der Waals surface area contributed by atoms with Crippen LogP contribution in [0.15, 0.2) is 54.6 Å². The minimum atomic E-state index is -1.16. The zero-order valence-electron chi connectivity index (χ0n) is 16.0. The first-order chi connectivity index (χ1) is 13.2. The fraction of sp³-hybridized carbons (Fsp3) is 0.286. The Kier molecular flexibility index (Phi) is 6.76. The van der Waals surface area contributed by atoms with Gasteiger partial charge >= 0.3 is 18.0 Å². The van der Waals surface area contributed by atoms with E-state index in [1.807, 2.05) is 30.3 Å². The monoisotopic (exact) mass is 385 g/mol. The molecule has 148 valence electrons. The Hall–Kier alpha value is -3.35. The predicted octanol–water partition coefficient (Wildman–Crippen LogP) is 3.79. The van der Waals surface area contributed by atoms with Crippen molar-refractivity contribution in [2.75, 3.05) is 13.3 Å². The molecule has 0 aliphatic rings. The van der Waals surface area contributed by atoms with Gasteiger partial charge in [0.1, 0.15) is 6.54 Å². The zero-order valence-corrected chi connectivity index (χ0v) is 16.0. The maximum Gasteiger partial charge on any atom is 0.413 e. The average Bonchev–Trinajstić information content (AvgIpc) is 2.65. The van der Waals surface area contributed by atoms with E-state index in [1.165, 1.54) is 0 Å². The van der Waals surface area contributed by atoms with Gasteiger partial charge in [-0.2, -0.15) is 0 Å². The molecular weight excluding hydrogens is 362 g/mol. The van der Waals surface area contributed by atoms with Crippen LogP contribution in [0.2, 0.25) is 0 Å². The summed E-state index contributed by atoms with van der Waals surface area (Å²) < 4.78 is 9.85. The summed E-state index contributed by atoms with van der Waals surface area (Å²) in [6.45, 7) is 3.91. The Morgan fingerprint density at radius 2 is 1.46 bits per heavy atom. The summed E-state index contributed by atoms with van der Waals surface area (Å²) in [5.74, 6) is -1.81. The fourth-order valence-electron chi connectivity index (χ4n) is 2.43. The molecule has 0 aliphatic carbocycles. The largest absolute Gasteiger partial charge is 0.480 e. The van der Waals surface area contributed by atoms with Crippen molar-refractivity contribution in [1.29, 1.82) is 0 Å². The van der Waals surface area contributed by atoms with Crippen molar-refractivity contribution in [2.45, 2.75) is 26.3 Å². The van der Waals surface area contributed by atoms with Crippen LogP contribution in [0.4, 0.5) is 4.79 Å². The number of hydrogen-bond acceptors (Lipinski definition) is 5. The number of nitrogens with zero attached hydrogens (tertiary/aromatic N) is 1. The number of carbonyl (C=O) groups is 3. The maximum absolute atomic E-state index is 12.1. The van der Waals surface area contributed by atoms with E-state index in [9.17, 15) is 14.4 Å². The highest BCUT2D eigenvalue weighted by molar-refractivity contribution is 5.90. The lowest BCUT2D eigenvalue weighted by Crippen LogP contribution is -2.48. The van der Waals surface area contributed by atoms with Gasteiger partial charge < -0.3 is 14.6 Å². The number of carbonyl (C=O) groups excluding carboxylic acids is 2. The summed E-state index contributed by atoms with van der Waals surface area (Å²) >= 11 is 0. The molecule has 28 heavy (non-hydrogen) atoms. The van der Waals surface area contributed by atoms with Gasteiger partial charge in [-0.15, -0.1) is 0 Å². The molecule has 0 aromatic heterocycles. The molecule has 0 bridgehead atoms. The normalized spacial score (nSPS) is 10.8. The number of carboxylic acids is 1. The number of aliphatic carboxylic acids is 1. The van der Waals surface area contributed by atoms with E-state index < -0.39 is 36.9 Å². The standard InChI is InChI=1S/C21H23NO6/c1-21(2,3)22(13-18(23)24)20(26)28-14-27-19(25)17-11-9-16(10-12-17)15-7-5-4-6-8-15/h4-12H,13-14H2,1-3H3,(H,23,24). The van der Waals surface area contributed by atoms with Gasteiger partial charge in [-0.1, -0.05) is 42.5 Å². The number of amides is 1. The van der Waals surface area contributed by atoms with Crippen molar-refractivity contribution in [3.63, 3.8) is 0 Å². The van der Waals surface area contributed by atoms with E-state index in [4.69, 9.17) is 14.6 Å². The number of hydrogen-bond donors (Lipinski definition) is 1. The van der Waals surface area contributed by atoms with Crippen LogP contribution in [-0.4, -0.2) is 46.9 Å². The van der Waals surface area contributed by atoms with Crippen LogP contribution in [-0.2, 0) is 14.3 Å². The average molecular weight is 385 g/mol. The van der Waals surface area contributed by atoms with Crippen LogP contribution in [0.1, 0.15) is 31.1 Å². The Balaban J connectivity index is 1.91. The third-order valence-corrected chi connectivity index (χ3v) is 3.92. The summed E-state index contributed by atoms with van der Waals surface area (Å²) in [5.41, 5.74) is 1.54. The number of benzene rings is 2. The summed E-state index contributed by atoms with van der Waals surface area (Å²) in [4.78, 5) is 36.2. The highest BCUT2D eigenvalue weighted by Gasteiger charge is 2.30. The molecule has 7 nitrogen and oxygen atoms in total. The summed E-state index contributed by atoms with van der Waals surface area (Å²) in [5, 5.41) is 8.93. The van der Waals surface area contributed by atoms with E-state index in [2.05, 4.69) is 0 Å². The van der Waals surface area contributed by atoms with Gasteiger partial charge in [0, 0.05) is 5.54 Å². The molecule has 0 aliphatic heterocycles. The summed E-state index contributed by atoms with van der Waals surface area (Å²) in [6, 6.07) is 16.5. The van der Waals surface area contributed by atoms with Crippen molar-refractivity contribution < 1.29 is 29.0 Å². The molecule has 0 heterocycles. The molecular formula is C21H23NO6. The molecule has 0 saturated carbocycles. The van der Waals surface area contributed by atoms with Crippen LogP contribution in [0.3, 0.4) is 0 Å². The molecule has 0 unspecified atom stereocenters. The number of rotatable bonds is 6. The molecule has 1 N–H and O–H groups in total. The molecule has 2 aromatic rings. The highest BCUT2D eigenvalue weighted by Crippen LogP contribution is 2.19. The molecule has 0 atom stereocenters. The number of ether oxygens (including phenoxy) is 2. The van der Waals surface area contributed by atoms with Crippen molar-refractivity contribution in [1.82, 2.24) is 4.90 Å². The van der Waals surface area contributed by atoms with E-state index in [0.29, 0.717) is 5.56 Å². The lowest BCUT2D eigenvalue weighted by molar-refractivity contribution is -0.139. The van der Waals surface area contributed by atoms with Crippen LogP contribution >= 0.6 is 0 Å². The second-order valence-corrected chi connectivity index (χ2v) is 7.05. The van der Waals surface area contributed by atoms with Gasteiger partial charge in [-0.25, -0.2) is 9.59 Å². The Morgan fingerprint density at radius 1 is 0.893 bits per heavy atom. The molecule has 2 rings (SSSR count). The lowest BCUT2D eigenvalue weighted by Gasteiger charge is -2.33. The molecule has 0 radical (unpaired) electrons. The van der Waals surface area contributed by atoms with E-state index >= 15 is 0 Å². The van der Waals surface area contributed by atoms with Gasteiger partial charge in [0.2, 0.25) is 6.79 Å². The number of esters is 1. The minimum absolute atomic E-state index is 0.314. The zero-order chi connectivity index (χ0) is 20.7. The smallest absolute Gasteiger partial charge is 0.413 e. The Bertz CT molecular complexity index is 824. The third kappa shape index (κ3) is 5.84. The van der Waals surface area contributed by atoms with Crippen molar-refractivity contribution in [3.05, 3.63) is 60.2 Å². The van der Waals surface area contributed by atoms with Gasteiger partial charge in [0.25, 0.3) is 0 Å². The second kappa shape index (κ2) is 9.03. The topological polar surface area (TPSA) is 93.1 Å². The van der Waals surface area contributed by atoms with E-state index in [1.54, 1.807) is 45.0 Å². The molecule has 0 spiro atoms. The molecule has 1 amide bonds. The number of carboxylic acid groups (broad SMARTS) is 1. The van der Waals surface area contributed by atoms with Crippen LogP contribution < -0.4 is 0 Å². The fourth-order valence-corrected chi connectivity index (χ4v) is 2.43. The Morgan fingerprint density at radius 3 is 2.00 bits per heavy atom. The SMILES string of the molecule is CC(C)(C)N(CC(=O)O)C(=O)OCOC(=O)c1ccc(-c2ccccc2)cc1. The lowest BCUT2D eigenvalue weighted by atomic mass is 10.0. The molecule has 7 heteroatoms. The van der Waals surface area contributed by atoms with E-state index in [-0.39, 0.29) is 0 Å². The predicted molar refractivity (Wildman–Crippen MR) is 103 cm³/mol. The third-order valence-electron chi connectivity index (χ3n) is 3.92. The molecule has 0 fully saturated rings. The first-order valence-corrected chi connectivity index (χ1v) is 8.67. The van der Waals surface area contributed by atoms with Crippen molar-refractivity contribution >= 4 is 18.0 Å². The first-order valence-electron chi connectivity index (χ1n) is 8.67. The van der Waals surface area contributed by atoms with Crippen molar-refractivity contribution in [2.24, 2.45) is 0 Å². The summed E-state index contributed by atoms with van der Waals surface area (Å²) in [7, 11) is 0. The molecule has 2 aromatic carbocycles. The van der Waals surface area contributed by atoms with E-state index in [0.717, 1.165) is 16.0 Å². The second-order valence-electron chi connectivity index (χ2n) is 7.05. The van der Waals surface area contributed by atoms with Gasteiger partial charge in [-0.05, 0) is 44.0 Å². The van der Waals surface area contributed by atoms with Gasteiger partial charge in [-0.3, -0.25) is 9.69 Å². The van der Waals surface area contributed by atoms with Gasteiger partial charge in [0.05, 0.1) is 5.56 Å². The van der Waals surface area contributed by atoms with Gasteiger partial charge in [0.15, 0.2) is 0 Å². The Labute approximate surface area is 163 Å². The first kappa shape index (κ1) is 21.0.